The van der Waals surface area contributed by atoms with Gasteiger partial charge in [0, 0.05) is 18.1 Å². The molecule has 1 aromatic carbocycles. The minimum atomic E-state index is 0.389. The molecule has 1 atom stereocenters. The Bertz CT molecular complexity index is 421. The van der Waals surface area contributed by atoms with Crippen LogP contribution in [0.2, 0.25) is 5.02 Å². The number of benzene rings is 1. The van der Waals surface area contributed by atoms with E-state index in [-0.39, 0.29) is 0 Å². The smallest absolute Gasteiger partial charge is 0.101 e. The molecule has 2 nitrogen and oxygen atoms in total. The van der Waals surface area contributed by atoms with Crippen LogP contribution in [0.25, 0.3) is 0 Å². The van der Waals surface area contributed by atoms with Crippen LogP contribution in [0, 0.1) is 17.2 Å². The van der Waals surface area contributed by atoms with Gasteiger partial charge in [0.05, 0.1) is 11.3 Å². The van der Waals surface area contributed by atoms with Crippen molar-refractivity contribution >= 4 is 17.3 Å². The SMILES string of the molecule is CC(C)CC(C)N(C)c1cc(Cl)ccc1C#N. The maximum Gasteiger partial charge on any atom is 0.101 e. The van der Waals surface area contributed by atoms with Crippen LogP contribution in [0.5, 0.6) is 0 Å². The molecule has 3 heteroatoms. The van der Waals surface area contributed by atoms with Gasteiger partial charge in [-0.05, 0) is 37.5 Å². The molecule has 92 valence electrons. The summed E-state index contributed by atoms with van der Waals surface area (Å²) in [6, 6.07) is 7.99. The molecule has 17 heavy (non-hydrogen) atoms. The Hall–Kier alpha value is -1.20. The van der Waals surface area contributed by atoms with Gasteiger partial charge in [-0.25, -0.2) is 0 Å². The van der Waals surface area contributed by atoms with Crippen LogP contribution in [0.4, 0.5) is 5.69 Å². The van der Waals surface area contributed by atoms with Crippen molar-refractivity contribution < 1.29 is 0 Å². The van der Waals surface area contributed by atoms with Crippen LogP contribution < -0.4 is 4.90 Å². The quantitative estimate of drug-likeness (QED) is 0.805. The molecule has 0 spiro atoms. The van der Waals surface area contributed by atoms with E-state index >= 15 is 0 Å². The molecule has 0 heterocycles. The van der Waals surface area contributed by atoms with Crippen molar-refractivity contribution in [2.75, 3.05) is 11.9 Å². The third-order valence-corrected chi connectivity index (χ3v) is 3.17. The van der Waals surface area contributed by atoms with E-state index in [1.807, 2.05) is 13.1 Å². The molecule has 0 radical (unpaired) electrons. The highest BCUT2D eigenvalue weighted by atomic mass is 35.5. The summed E-state index contributed by atoms with van der Waals surface area (Å²) in [5, 5.41) is 9.77. The van der Waals surface area contributed by atoms with Gasteiger partial charge in [-0.2, -0.15) is 5.26 Å². The number of nitrogens with zero attached hydrogens (tertiary/aromatic N) is 2. The molecular formula is C14H19ClN2. The van der Waals surface area contributed by atoms with Gasteiger partial charge in [0.15, 0.2) is 0 Å². The van der Waals surface area contributed by atoms with Crippen molar-refractivity contribution in [1.82, 2.24) is 0 Å². The van der Waals surface area contributed by atoms with E-state index in [0.717, 1.165) is 12.1 Å². The van der Waals surface area contributed by atoms with Gasteiger partial charge in [0.2, 0.25) is 0 Å². The Morgan fingerprint density at radius 1 is 1.35 bits per heavy atom. The standard InChI is InChI=1S/C14H19ClN2/c1-10(2)7-11(3)17(4)14-8-13(15)6-5-12(14)9-16/h5-6,8,10-11H,7H2,1-4H3. The second-order valence-corrected chi connectivity index (χ2v) is 5.30. The van der Waals surface area contributed by atoms with Gasteiger partial charge in [-0.15, -0.1) is 0 Å². The normalized spacial score (nSPS) is 12.3. The van der Waals surface area contributed by atoms with E-state index in [0.29, 0.717) is 22.5 Å². The van der Waals surface area contributed by atoms with Crippen LogP contribution in [-0.2, 0) is 0 Å². The summed E-state index contributed by atoms with van der Waals surface area (Å²) in [5.41, 5.74) is 1.58. The molecule has 0 aromatic heterocycles. The van der Waals surface area contributed by atoms with Crippen LogP contribution in [0.15, 0.2) is 18.2 Å². The first kappa shape index (κ1) is 13.9. The fourth-order valence-electron chi connectivity index (χ4n) is 1.97. The maximum absolute atomic E-state index is 9.10. The van der Waals surface area contributed by atoms with Gasteiger partial charge < -0.3 is 4.90 Å². The number of rotatable bonds is 4. The summed E-state index contributed by atoms with van der Waals surface area (Å²) in [6.07, 6.45) is 1.09. The Morgan fingerprint density at radius 2 is 2.00 bits per heavy atom. The molecule has 1 aromatic rings. The van der Waals surface area contributed by atoms with Gasteiger partial charge >= 0.3 is 0 Å². The summed E-state index contributed by atoms with van der Waals surface area (Å²) in [6.45, 7) is 6.57. The van der Waals surface area contributed by atoms with Crippen LogP contribution in [0.1, 0.15) is 32.8 Å². The second-order valence-electron chi connectivity index (χ2n) is 4.86. The molecule has 0 bridgehead atoms. The van der Waals surface area contributed by atoms with E-state index in [1.165, 1.54) is 0 Å². The molecule has 1 unspecified atom stereocenters. The molecular weight excluding hydrogens is 232 g/mol. The second kappa shape index (κ2) is 5.93. The van der Waals surface area contributed by atoms with Gasteiger partial charge in [0.25, 0.3) is 0 Å². The average molecular weight is 251 g/mol. The molecule has 0 aliphatic carbocycles. The van der Waals surface area contributed by atoms with Crippen LogP contribution in [-0.4, -0.2) is 13.1 Å². The first-order valence-electron chi connectivity index (χ1n) is 5.88. The highest BCUT2D eigenvalue weighted by molar-refractivity contribution is 6.30. The first-order valence-corrected chi connectivity index (χ1v) is 6.26. The van der Waals surface area contributed by atoms with Crippen molar-refractivity contribution in [2.45, 2.75) is 33.2 Å². The zero-order valence-electron chi connectivity index (χ0n) is 10.9. The molecule has 0 fully saturated rings. The molecule has 0 aliphatic heterocycles. The lowest BCUT2D eigenvalue weighted by Gasteiger charge is -2.29. The molecule has 0 saturated heterocycles. The Labute approximate surface area is 109 Å². The van der Waals surface area contributed by atoms with Crippen molar-refractivity contribution in [1.29, 1.82) is 5.26 Å². The number of halogens is 1. The lowest BCUT2D eigenvalue weighted by atomic mass is 10.0. The predicted octanol–water partition coefficient (Wildman–Crippen LogP) is 4.08. The van der Waals surface area contributed by atoms with Crippen molar-refractivity contribution in [3.63, 3.8) is 0 Å². The molecule has 0 amide bonds. The zero-order valence-corrected chi connectivity index (χ0v) is 11.6. The summed E-state index contributed by atoms with van der Waals surface area (Å²) >= 11 is 5.99. The Balaban J connectivity index is 2.99. The maximum atomic E-state index is 9.10. The number of hydrogen-bond donors (Lipinski definition) is 0. The van der Waals surface area contributed by atoms with Crippen LogP contribution in [0.3, 0.4) is 0 Å². The lowest BCUT2D eigenvalue weighted by molar-refractivity contribution is 0.504. The van der Waals surface area contributed by atoms with E-state index < -0.39 is 0 Å². The fraction of sp³-hybridized carbons (Fsp3) is 0.500. The molecule has 0 aliphatic rings. The first-order chi connectivity index (χ1) is 7.95. The van der Waals surface area contributed by atoms with Crippen LogP contribution >= 0.6 is 11.6 Å². The largest absolute Gasteiger partial charge is 0.371 e. The number of hydrogen-bond acceptors (Lipinski definition) is 2. The lowest BCUT2D eigenvalue weighted by Crippen LogP contribution is -2.30. The van der Waals surface area contributed by atoms with Gasteiger partial charge in [-0.3, -0.25) is 0 Å². The van der Waals surface area contributed by atoms with Gasteiger partial charge in [-0.1, -0.05) is 25.4 Å². The monoisotopic (exact) mass is 250 g/mol. The number of nitriles is 1. The third kappa shape index (κ3) is 3.64. The third-order valence-electron chi connectivity index (χ3n) is 2.93. The van der Waals surface area contributed by atoms with E-state index in [1.54, 1.807) is 12.1 Å². The Kier molecular flexibility index (Phi) is 4.84. The molecule has 1 rings (SSSR count). The summed E-state index contributed by atoms with van der Waals surface area (Å²) < 4.78 is 0. The van der Waals surface area contributed by atoms with E-state index in [4.69, 9.17) is 16.9 Å². The average Bonchev–Trinajstić information content (AvgIpc) is 2.27. The minimum Gasteiger partial charge on any atom is -0.371 e. The summed E-state index contributed by atoms with van der Waals surface area (Å²) in [5.74, 6) is 0.636. The topological polar surface area (TPSA) is 27.0 Å². The van der Waals surface area contributed by atoms with Crippen molar-refractivity contribution in [2.24, 2.45) is 5.92 Å². The highest BCUT2D eigenvalue weighted by Crippen LogP contribution is 2.26. The highest BCUT2D eigenvalue weighted by Gasteiger charge is 2.15. The molecule has 0 saturated carbocycles. The van der Waals surface area contributed by atoms with Crippen molar-refractivity contribution in [3.05, 3.63) is 28.8 Å². The molecule has 0 N–H and O–H groups in total. The Morgan fingerprint density at radius 3 is 2.53 bits per heavy atom. The van der Waals surface area contributed by atoms with Gasteiger partial charge in [0.1, 0.15) is 6.07 Å². The number of anilines is 1. The summed E-state index contributed by atoms with van der Waals surface area (Å²) in [4.78, 5) is 2.13. The fourth-order valence-corrected chi connectivity index (χ4v) is 2.14. The van der Waals surface area contributed by atoms with E-state index in [2.05, 4.69) is 31.7 Å². The summed E-state index contributed by atoms with van der Waals surface area (Å²) in [7, 11) is 2.01. The zero-order chi connectivity index (χ0) is 13.0. The predicted molar refractivity (Wildman–Crippen MR) is 73.5 cm³/mol. The van der Waals surface area contributed by atoms with Crippen molar-refractivity contribution in [3.8, 4) is 6.07 Å². The van der Waals surface area contributed by atoms with E-state index in [9.17, 15) is 0 Å². The minimum absolute atomic E-state index is 0.389.